The summed E-state index contributed by atoms with van der Waals surface area (Å²) in [6.45, 7) is 11.2. The van der Waals surface area contributed by atoms with Crippen LogP contribution >= 0.6 is 0 Å². The van der Waals surface area contributed by atoms with E-state index in [1.165, 1.54) is 77.9 Å². The molecule has 3 heteroatoms. The second-order valence-corrected chi connectivity index (χ2v) is 5.58. The third-order valence-electron chi connectivity index (χ3n) is 4.21. The Morgan fingerprint density at radius 1 is 1.18 bits per heavy atom. The average Bonchev–Trinajstić information content (AvgIpc) is 2.89. The van der Waals surface area contributed by atoms with E-state index in [0.717, 1.165) is 6.04 Å². The van der Waals surface area contributed by atoms with Crippen LogP contribution in [0.1, 0.15) is 39.0 Å². The van der Waals surface area contributed by atoms with Crippen molar-refractivity contribution < 1.29 is 0 Å². The van der Waals surface area contributed by atoms with Crippen molar-refractivity contribution in [2.45, 2.75) is 45.1 Å². The van der Waals surface area contributed by atoms with Crippen molar-refractivity contribution in [2.75, 3.05) is 45.8 Å². The summed E-state index contributed by atoms with van der Waals surface area (Å²) in [4.78, 5) is 5.38. The lowest BCUT2D eigenvalue weighted by atomic mass is 10.1. The zero-order chi connectivity index (χ0) is 11.9. The predicted molar refractivity (Wildman–Crippen MR) is 73.4 cm³/mol. The maximum Gasteiger partial charge on any atom is 0.0233 e. The molecular formula is C14H29N3. The molecule has 2 aliphatic rings. The molecule has 0 amide bonds. The molecule has 0 saturated carbocycles. The van der Waals surface area contributed by atoms with E-state index < -0.39 is 0 Å². The third-order valence-corrected chi connectivity index (χ3v) is 4.21. The van der Waals surface area contributed by atoms with Crippen molar-refractivity contribution in [1.82, 2.24) is 15.1 Å². The Morgan fingerprint density at radius 2 is 2.00 bits per heavy atom. The molecule has 2 aliphatic heterocycles. The van der Waals surface area contributed by atoms with Gasteiger partial charge in [-0.15, -0.1) is 0 Å². The molecule has 1 atom stereocenters. The van der Waals surface area contributed by atoms with E-state index in [1.807, 2.05) is 0 Å². The van der Waals surface area contributed by atoms with Crippen LogP contribution in [0.25, 0.3) is 0 Å². The van der Waals surface area contributed by atoms with E-state index >= 15 is 0 Å². The maximum atomic E-state index is 3.49. The minimum Gasteiger partial charge on any atom is -0.315 e. The summed E-state index contributed by atoms with van der Waals surface area (Å²) in [6, 6.07) is 0.805. The summed E-state index contributed by atoms with van der Waals surface area (Å²) in [5, 5.41) is 3.49. The molecule has 1 N–H and O–H groups in total. The van der Waals surface area contributed by atoms with Gasteiger partial charge in [0.2, 0.25) is 0 Å². The Kier molecular flexibility index (Phi) is 5.75. The summed E-state index contributed by atoms with van der Waals surface area (Å²) < 4.78 is 0. The molecule has 0 aromatic rings. The highest BCUT2D eigenvalue weighted by molar-refractivity contribution is 4.81. The van der Waals surface area contributed by atoms with Crippen LogP contribution in [0.4, 0.5) is 0 Å². The van der Waals surface area contributed by atoms with Gasteiger partial charge in [0.15, 0.2) is 0 Å². The zero-order valence-corrected chi connectivity index (χ0v) is 11.5. The van der Waals surface area contributed by atoms with Crippen molar-refractivity contribution in [3.63, 3.8) is 0 Å². The lowest BCUT2D eigenvalue weighted by molar-refractivity contribution is 0.154. The van der Waals surface area contributed by atoms with Gasteiger partial charge in [-0.05, 0) is 51.9 Å². The fourth-order valence-corrected chi connectivity index (χ4v) is 3.17. The first-order valence-electron chi connectivity index (χ1n) is 7.57. The standard InChI is InChI=1S/C14H29N3/c1-2-8-17(14-6-7-15-13-14)12-11-16-9-4-3-5-10-16/h14-15H,2-13H2,1H3. The third kappa shape index (κ3) is 4.23. The summed E-state index contributed by atoms with van der Waals surface area (Å²) in [7, 11) is 0. The van der Waals surface area contributed by atoms with Crippen LogP contribution < -0.4 is 5.32 Å². The Hall–Kier alpha value is -0.120. The highest BCUT2D eigenvalue weighted by Gasteiger charge is 2.22. The van der Waals surface area contributed by atoms with Crippen LogP contribution in [0.2, 0.25) is 0 Å². The highest BCUT2D eigenvalue weighted by Crippen LogP contribution is 2.11. The van der Waals surface area contributed by atoms with Gasteiger partial charge in [-0.2, -0.15) is 0 Å². The van der Waals surface area contributed by atoms with Gasteiger partial charge in [0.25, 0.3) is 0 Å². The van der Waals surface area contributed by atoms with Gasteiger partial charge in [-0.25, -0.2) is 0 Å². The maximum absolute atomic E-state index is 3.49. The molecule has 1 unspecified atom stereocenters. The number of likely N-dealkylation sites (tertiary alicyclic amines) is 1. The first-order chi connectivity index (χ1) is 8.40. The number of rotatable bonds is 6. The molecule has 0 aliphatic carbocycles. The monoisotopic (exact) mass is 239 g/mol. The van der Waals surface area contributed by atoms with Crippen molar-refractivity contribution in [1.29, 1.82) is 0 Å². The van der Waals surface area contributed by atoms with Crippen molar-refractivity contribution in [2.24, 2.45) is 0 Å². The number of hydrogen-bond acceptors (Lipinski definition) is 3. The van der Waals surface area contributed by atoms with Crippen molar-refractivity contribution in [3.8, 4) is 0 Å². The molecule has 0 aromatic heterocycles. The molecule has 0 radical (unpaired) electrons. The quantitative estimate of drug-likeness (QED) is 0.758. The topological polar surface area (TPSA) is 18.5 Å². The van der Waals surface area contributed by atoms with Crippen LogP contribution in [-0.4, -0.2) is 61.7 Å². The van der Waals surface area contributed by atoms with E-state index in [4.69, 9.17) is 0 Å². The van der Waals surface area contributed by atoms with Gasteiger partial charge in [-0.3, -0.25) is 4.90 Å². The SMILES string of the molecule is CCCN(CCN1CCCCC1)C1CCNC1. The van der Waals surface area contributed by atoms with Crippen molar-refractivity contribution in [3.05, 3.63) is 0 Å². The van der Waals surface area contributed by atoms with Crippen LogP contribution in [0, 0.1) is 0 Å². The first-order valence-corrected chi connectivity index (χ1v) is 7.57. The fraction of sp³-hybridized carbons (Fsp3) is 1.00. The number of hydrogen-bond donors (Lipinski definition) is 1. The lowest BCUT2D eigenvalue weighted by Gasteiger charge is -2.32. The molecule has 100 valence electrons. The second kappa shape index (κ2) is 7.34. The van der Waals surface area contributed by atoms with Gasteiger partial charge in [-0.1, -0.05) is 13.3 Å². The summed E-state index contributed by atoms with van der Waals surface area (Å²) in [5.74, 6) is 0. The molecule has 3 nitrogen and oxygen atoms in total. The summed E-state index contributed by atoms with van der Waals surface area (Å²) in [6.07, 6.45) is 6.91. The smallest absolute Gasteiger partial charge is 0.0233 e. The lowest BCUT2D eigenvalue weighted by Crippen LogP contribution is -2.43. The highest BCUT2D eigenvalue weighted by atomic mass is 15.2. The average molecular weight is 239 g/mol. The number of nitrogens with one attached hydrogen (secondary N) is 1. The second-order valence-electron chi connectivity index (χ2n) is 5.58. The van der Waals surface area contributed by atoms with Crippen LogP contribution in [0.15, 0.2) is 0 Å². The number of nitrogens with zero attached hydrogens (tertiary/aromatic N) is 2. The fourth-order valence-electron chi connectivity index (χ4n) is 3.17. The molecule has 0 aromatic carbocycles. The van der Waals surface area contributed by atoms with Crippen LogP contribution in [-0.2, 0) is 0 Å². The Balaban J connectivity index is 1.72. The zero-order valence-electron chi connectivity index (χ0n) is 11.5. The largest absolute Gasteiger partial charge is 0.315 e. The molecule has 0 bridgehead atoms. The molecule has 2 fully saturated rings. The van der Waals surface area contributed by atoms with Crippen LogP contribution in [0.5, 0.6) is 0 Å². The Labute approximate surface area is 107 Å². The first kappa shape index (κ1) is 13.3. The minimum atomic E-state index is 0.805. The number of piperidine rings is 1. The van der Waals surface area contributed by atoms with Gasteiger partial charge in [0, 0.05) is 25.7 Å². The van der Waals surface area contributed by atoms with E-state index in [-0.39, 0.29) is 0 Å². The Morgan fingerprint density at radius 3 is 2.65 bits per heavy atom. The van der Waals surface area contributed by atoms with E-state index in [0.29, 0.717) is 0 Å². The Bertz CT molecular complexity index is 196. The van der Waals surface area contributed by atoms with E-state index in [1.54, 1.807) is 0 Å². The van der Waals surface area contributed by atoms with Gasteiger partial charge in [0.05, 0.1) is 0 Å². The van der Waals surface area contributed by atoms with Gasteiger partial charge >= 0.3 is 0 Å². The molecule has 2 rings (SSSR count). The van der Waals surface area contributed by atoms with E-state index in [2.05, 4.69) is 22.0 Å². The van der Waals surface area contributed by atoms with Crippen molar-refractivity contribution >= 4 is 0 Å². The molecule has 17 heavy (non-hydrogen) atoms. The minimum absolute atomic E-state index is 0.805. The summed E-state index contributed by atoms with van der Waals surface area (Å²) in [5.41, 5.74) is 0. The van der Waals surface area contributed by atoms with Gasteiger partial charge in [0.1, 0.15) is 0 Å². The molecule has 2 saturated heterocycles. The molecular weight excluding hydrogens is 210 g/mol. The normalized spacial score (nSPS) is 26.8. The van der Waals surface area contributed by atoms with Gasteiger partial charge < -0.3 is 10.2 Å². The van der Waals surface area contributed by atoms with Crippen LogP contribution in [0.3, 0.4) is 0 Å². The predicted octanol–water partition coefficient (Wildman–Crippen LogP) is 1.55. The molecule has 2 heterocycles. The summed E-state index contributed by atoms with van der Waals surface area (Å²) >= 11 is 0. The molecule has 0 spiro atoms. The van der Waals surface area contributed by atoms with E-state index in [9.17, 15) is 0 Å².